The summed E-state index contributed by atoms with van der Waals surface area (Å²) in [5, 5.41) is 3.14. The topological polar surface area (TPSA) is 74.2 Å². The number of pyridine rings is 1. The molecule has 0 unspecified atom stereocenters. The lowest BCUT2D eigenvalue weighted by Gasteiger charge is -2.33. The molecule has 0 spiro atoms. The molecule has 0 atom stereocenters. The zero-order chi connectivity index (χ0) is 22.2. The summed E-state index contributed by atoms with van der Waals surface area (Å²) >= 11 is 0. The van der Waals surface area contributed by atoms with E-state index in [1.54, 1.807) is 6.20 Å². The summed E-state index contributed by atoms with van der Waals surface area (Å²) in [7, 11) is 0. The SMILES string of the molecule is CCN(CC)CCCNC(=O)C1CCN(c2nc(-c3ccccn3)nc(C)c2C)CC1. The molecule has 3 heterocycles. The number of amides is 1. The molecule has 1 aliphatic heterocycles. The molecule has 0 bridgehead atoms. The van der Waals surface area contributed by atoms with E-state index in [0.717, 1.165) is 81.3 Å². The van der Waals surface area contributed by atoms with Gasteiger partial charge in [0.05, 0.1) is 0 Å². The Kier molecular flexibility index (Phi) is 8.35. The lowest BCUT2D eigenvalue weighted by atomic mass is 9.95. The molecular formula is C24H36N6O. The molecule has 0 saturated carbocycles. The van der Waals surface area contributed by atoms with Crippen LogP contribution in [0.2, 0.25) is 0 Å². The average Bonchev–Trinajstić information content (AvgIpc) is 2.81. The van der Waals surface area contributed by atoms with Crippen molar-refractivity contribution in [1.82, 2.24) is 25.2 Å². The summed E-state index contributed by atoms with van der Waals surface area (Å²) in [5.41, 5.74) is 2.85. The average molecular weight is 425 g/mol. The number of rotatable bonds is 9. The zero-order valence-corrected chi connectivity index (χ0v) is 19.4. The van der Waals surface area contributed by atoms with Gasteiger partial charge in [-0.25, -0.2) is 9.97 Å². The number of nitrogens with zero attached hydrogens (tertiary/aromatic N) is 5. The van der Waals surface area contributed by atoms with Crippen molar-refractivity contribution in [3.05, 3.63) is 35.7 Å². The second-order valence-electron chi connectivity index (χ2n) is 8.23. The van der Waals surface area contributed by atoms with Gasteiger partial charge in [-0.15, -0.1) is 0 Å². The molecule has 0 aliphatic carbocycles. The smallest absolute Gasteiger partial charge is 0.223 e. The molecule has 0 aromatic carbocycles. The largest absolute Gasteiger partial charge is 0.356 e. The maximum Gasteiger partial charge on any atom is 0.223 e. The Hall–Kier alpha value is -2.54. The molecule has 31 heavy (non-hydrogen) atoms. The molecule has 2 aromatic heterocycles. The highest BCUT2D eigenvalue weighted by Crippen LogP contribution is 2.27. The van der Waals surface area contributed by atoms with Gasteiger partial charge in [0.2, 0.25) is 5.91 Å². The van der Waals surface area contributed by atoms with Crippen LogP contribution < -0.4 is 10.2 Å². The predicted octanol–water partition coefficient (Wildman–Crippen LogP) is 3.22. The molecule has 1 amide bonds. The monoisotopic (exact) mass is 424 g/mol. The van der Waals surface area contributed by atoms with Gasteiger partial charge < -0.3 is 15.1 Å². The van der Waals surface area contributed by atoms with Gasteiger partial charge in [-0.05, 0) is 64.9 Å². The van der Waals surface area contributed by atoms with Crippen molar-refractivity contribution in [3.63, 3.8) is 0 Å². The summed E-state index contributed by atoms with van der Waals surface area (Å²) < 4.78 is 0. The molecule has 1 aliphatic rings. The van der Waals surface area contributed by atoms with Crippen molar-refractivity contribution >= 4 is 11.7 Å². The molecule has 2 aromatic rings. The third-order valence-corrected chi connectivity index (χ3v) is 6.27. The number of piperidine rings is 1. The zero-order valence-electron chi connectivity index (χ0n) is 19.4. The van der Waals surface area contributed by atoms with E-state index >= 15 is 0 Å². The van der Waals surface area contributed by atoms with Crippen molar-refractivity contribution in [3.8, 4) is 11.5 Å². The van der Waals surface area contributed by atoms with Crippen LogP contribution in [0, 0.1) is 19.8 Å². The number of hydrogen-bond donors (Lipinski definition) is 1. The first-order valence-corrected chi connectivity index (χ1v) is 11.5. The Morgan fingerprint density at radius 1 is 1.16 bits per heavy atom. The minimum atomic E-state index is 0.0863. The van der Waals surface area contributed by atoms with E-state index in [2.05, 4.69) is 45.9 Å². The standard InChI is InChI=1S/C24H36N6O/c1-5-29(6-2)15-9-14-26-24(31)20-11-16-30(17-12-20)23-18(3)19(4)27-22(28-23)21-10-7-8-13-25-21/h7-8,10,13,20H,5-6,9,11-12,14-17H2,1-4H3,(H,26,31). The van der Waals surface area contributed by atoms with Gasteiger partial charge in [-0.3, -0.25) is 9.78 Å². The number of hydrogen-bond acceptors (Lipinski definition) is 6. The Morgan fingerprint density at radius 3 is 2.55 bits per heavy atom. The highest BCUT2D eigenvalue weighted by molar-refractivity contribution is 5.79. The Labute approximate surface area is 186 Å². The number of aryl methyl sites for hydroxylation is 1. The van der Waals surface area contributed by atoms with Crippen LogP contribution >= 0.6 is 0 Å². The summed E-state index contributed by atoms with van der Waals surface area (Å²) in [6.07, 6.45) is 4.47. The van der Waals surface area contributed by atoms with E-state index in [-0.39, 0.29) is 11.8 Å². The number of nitrogens with one attached hydrogen (secondary N) is 1. The van der Waals surface area contributed by atoms with E-state index in [9.17, 15) is 4.79 Å². The molecule has 7 nitrogen and oxygen atoms in total. The van der Waals surface area contributed by atoms with Crippen molar-refractivity contribution in [1.29, 1.82) is 0 Å². The van der Waals surface area contributed by atoms with Gasteiger partial charge in [0.25, 0.3) is 0 Å². The van der Waals surface area contributed by atoms with E-state index in [1.807, 2.05) is 25.1 Å². The summed E-state index contributed by atoms with van der Waals surface area (Å²) in [5.74, 6) is 1.91. The van der Waals surface area contributed by atoms with Crippen molar-refractivity contribution in [2.45, 2.75) is 47.0 Å². The molecule has 1 saturated heterocycles. The van der Waals surface area contributed by atoms with Crippen LogP contribution in [0.1, 0.15) is 44.4 Å². The molecule has 1 N–H and O–H groups in total. The minimum Gasteiger partial charge on any atom is -0.356 e. The quantitative estimate of drug-likeness (QED) is 0.623. The van der Waals surface area contributed by atoms with Gasteiger partial charge >= 0.3 is 0 Å². The van der Waals surface area contributed by atoms with Crippen LogP contribution in [-0.4, -0.2) is 65.0 Å². The fraction of sp³-hybridized carbons (Fsp3) is 0.583. The van der Waals surface area contributed by atoms with Gasteiger partial charge in [0, 0.05) is 43.0 Å². The van der Waals surface area contributed by atoms with E-state index < -0.39 is 0 Å². The van der Waals surface area contributed by atoms with Gasteiger partial charge in [-0.2, -0.15) is 0 Å². The number of aromatic nitrogens is 3. The molecule has 1 fully saturated rings. The number of anilines is 1. The second-order valence-corrected chi connectivity index (χ2v) is 8.23. The third kappa shape index (κ3) is 6.00. The van der Waals surface area contributed by atoms with Gasteiger partial charge in [0.1, 0.15) is 11.5 Å². The number of carbonyl (C=O) groups is 1. The van der Waals surface area contributed by atoms with Crippen LogP contribution in [0.25, 0.3) is 11.5 Å². The molecular weight excluding hydrogens is 388 g/mol. The number of carbonyl (C=O) groups excluding carboxylic acids is 1. The van der Waals surface area contributed by atoms with Gasteiger partial charge in [0.15, 0.2) is 5.82 Å². The lowest BCUT2D eigenvalue weighted by molar-refractivity contribution is -0.125. The maximum atomic E-state index is 12.6. The first-order chi connectivity index (χ1) is 15.0. The third-order valence-electron chi connectivity index (χ3n) is 6.27. The summed E-state index contributed by atoms with van der Waals surface area (Å²) in [6.45, 7) is 14.0. The Morgan fingerprint density at radius 2 is 1.90 bits per heavy atom. The Bertz CT molecular complexity index is 845. The molecule has 0 radical (unpaired) electrons. The first kappa shape index (κ1) is 23.1. The van der Waals surface area contributed by atoms with E-state index in [0.29, 0.717) is 5.82 Å². The molecule has 168 valence electrons. The molecule has 3 rings (SSSR count). The molecule has 7 heteroatoms. The Balaban J connectivity index is 1.56. The van der Waals surface area contributed by atoms with Crippen LogP contribution in [0.4, 0.5) is 5.82 Å². The highest BCUT2D eigenvalue weighted by atomic mass is 16.1. The van der Waals surface area contributed by atoms with E-state index in [1.165, 1.54) is 0 Å². The normalized spacial score (nSPS) is 14.8. The van der Waals surface area contributed by atoms with Crippen molar-refractivity contribution in [2.24, 2.45) is 5.92 Å². The van der Waals surface area contributed by atoms with Crippen LogP contribution in [0.3, 0.4) is 0 Å². The van der Waals surface area contributed by atoms with Crippen LogP contribution in [0.5, 0.6) is 0 Å². The maximum absolute atomic E-state index is 12.6. The fourth-order valence-electron chi connectivity index (χ4n) is 4.08. The van der Waals surface area contributed by atoms with Crippen molar-refractivity contribution < 1.29 is 4.79 Å². The van der Waals surface area contributed by atoms with Crippen LogP contribution in [0.15, 0.2) is 24.4 Å². The van der Waals surface area contributed by atoms with Crippen molar-refractivity contribution in [2.75, 3.05) is 44.2 Å². The highest BCUT2D eigenvalue weighted by Gasteiger charge is 2.27. The summed E-state index contributed by atoms with van der Waals surface area (Å²) in [4.78, 5) is 31.2. The summed E-state index contributed by atoms with van der Waals surface area (Å²) in [6, 6.07) is 5.78. The lowest BCUT2D eigenvalue weighted by Crippen LogP contribution is -2.41. The fourth-order valence-corrected chi connectivity index (χ4v) is 4.08. The predicted molar refractivity (Wildman–Crippen MR) is 125 cm³/mol. The van der Waals surface area contributed by atoms with Crippen LogP contribution in [-0.2, 0) is 4.79 Å². The van der Waals surface area contributed by atoms with E-state index in [4.69, 9.17) is 4.98 Å². The van der Waals surface area contributed by atoms with Gasteiger partial charge in [-0.1, -0.05) is 19.9 Å². The first-order valence-electron chi connectivity index (χ1n) is 11.5. The second kappa shape index (κ2) is 11.2. The minimum absolute atomic E-state index is 0.0863.